The fourth-order valence-corrected chi connectivity index (χ4v) is 2.05. The van der Waals surface area contributed by atoms with Crippen LogP contribution in [0, 0.1) is 17.8 Å². The second-order valence-corrected chi connectivity index (χ2v) is 5.61. The van der Waals surface area contributed by atoms with Gasteiger partial charge in [-0.15, -0.1) is 0 Å². The van der Waals surface area contributed by atoms with Crippen molar-refractivity contribution in [2.24, 2.45) is 17.8 Å². The van der Waals surface area contributed by atoms with Gasteiger partial charge in [-0.3, -0.25) is 9.59 Å². The molecule has 5 heteroatoms. The lowest BCUT2D eigenvalue weighted by Crippen LogP contribution is -2.46. The molecule has 3 N–H and O–H groups in total. The molecule has 18 heavy (non-hydrogen) atoms. The molecule has 5 nitrogen and oxygen atoms in total. The van der Waals surface area contributed by atoms with Gasteiger partial charge in [-0.25, -0.2) is 0 Å². The highest BCUT2D eigenvalue weighted by Gasteiger charge is 2.24. The summed E-state index contributed by atoms with van der Waals surface area (Å²) >= 11 is 0. The Morgan fingerprint density at radius 3 is 2.61 bits per heavy atom. The molecule has 2 amide bonds. The smallest absolute Gasteiger partial charge is 0.239 e. The molecule has 0 spiro atoms. The summed E-state index contributed by atoms with van der Waals surface area (Å²) in [5.74, 6) is 0.798. The Hall–Kier alpha value is -1.10. The Kier molecular flexibility index (Phi) is 6.12. The van der Waals surface area contributed by atoms with E-state index in [9.17, 15) is 9.59 Å². The zero-order valence-corrected chi connectivity index (χ0v) is 11.6. The SMILES string of the molecule is CC(C)CNC(=O)CNC(=O)C1CNCC(C)C1. The molecule has 1 aliphatic heterocycles. The minimum absolute atomic E-state index is 0.00773. The first-order valence-electron chi connectivity index (χ1n) is 6.74. The van der Waals surface area contributed by atoms with Gasteiger partial charge in [0.25, 0.3) is 0 Å². The van der Waals surface area contributed by atoms with E-state index in [-0.39, 0.29) is 24.3 Å². The van der Waals surface area contributed by atoms with E-state index in [1.165, 1.54) is 0 Å². The maximum absolute atomic E-state index is 11.9. The molecule has 1 saturated heterocycles. The van der Waals surface area contributed by atoms with Crippen molar-refractivity contribution >= 4 is 11.8 Å². The maximum Gasteiger partial charge on any atom is 0.239 e. The highest BCUT2D eigenvalue weighted by atomic mass is 16.2. The van der Waals surface area contributed by atoms with Gasteiger partial charge in [0.05, 0.1) is 12.5 Å². The second-order valence-electron chi connectivity index (χ2n) is 5.61. The number of carbonyl (C=O) groups is 2. The summed E-state index contributed by atoms with van der Waals surface area (Å²) in [6.45, 7) is 8.61. The first-order chi connectivity index (χ1) is 8.49. The lowest BCUT2D eigenvalue weighted by atomic mass is 9.91. The Morgan fingerprint density at radius 2 is 2.00 bits per heavy atom. The Balaban J connectivity index is 2.21. The minimum Gasteiger partial charge on any atom is -0.354 e. The average molecular weight is 255 g/mol. The van der Waals surface area contributed by atoms with Crippen LogP contribution in [-0.4, -0.2) is 38.0 Å². The zero-order valence-electron chi connectivity index (χ0n) is 11.6. The van der Waals surface area contributed by atoms with E-state index in [4.69, 9.17) is 0 Å². The summed E-state index contributed by atoms with van der Waals surface area (Å²) in [7, 11) is 0. The van der Waals surface area contributed by atoms with Gasteiger partial charge in [-0.1, -0.05) is 20.8 Å². The predicted molar refractivity (Wildman–Crippen MR) is 71.0 cm³/mol. The number of rotatable bonds is 5. The molecule has 104 valence electrons. The summed E-state index contributed by atoms with van der Waals surface area (Å²) < 4.78 is 0. The molecule has 1 heterocycles. The molecule has 1 fully saturated rings. The monoisotopic (exact) mass is 255 g/mol. The van der Waals surface area contributed by atoms with Gasteiger partial charge in [0, 0.05) is 13.1 Å². The number of hydrogen-bond donors (Lipinski definition) is 3. The highest BCUT2D eigenvalue weighted by Crippen LogP contribution is 2.15. The summed E-state index contributed by atoms with van der Waals surface area (Å²) in [4.78, 5) is 23.3. The summed E-state index contributed by atoms with van der Waals surface area (Å²) in [6, 6.07) is 0. The van der Waals surface area contributed by atoms with Crippen LogP contribution in [0.15, 0.2) is 0 Å². The quantitative estimate of drug-likeness (QED) is 0.653. The van der Waals surface area contributed by atoms with Crippen molar-refractivity contribution in [3.63, 3.8) is 0 Å². The van der Waals surface area contributed by atoms with Crippen LogP contribution in [0.2, 0.25) is 0 Å². The van der Waals surface area contributed by atoms with E-state index in [0.717, 1.165) is 13.0 Å². The van der Waals surface area contributed by atoms with Gasteiger partial charge in [-0.05, 0) is 24.8 Å². The molecule has 0 aromatic carbocycles. The number of hydrogen-bond acceptors (Lipinski definition) is 3. The van der Waals surface area contributed by atoms with Gasteiger partial charge >= 0.3 is 0 Å². The third-order valence-corrected chi connectivity index (χ3v) is 3.07. The molecule has 0 bridgehead atoms. The molecular weight excluding hydrogens is 230 g/mol. The fourth-order valence-electron chi connectivity index (χ4n) is 2.05. The molecule has 2 atom stereocenters. The lowest BCUT2D eigenvalue weighted by molar-refractivity contribution is -0.129. The Bertz CT molecular complexity index is 292. The minimum atomic E-state index is -0.117. The second kappa shape index (κ2) is 7.36. The lowest BCUT2D eigenvalue weighted by Gasteiger charge is -2.26. The normalized spacial score (nSPS) is 23.8. The molecule has 0 aliphatic carbocycles. The van der Waals surface area contributed by atoms with Crippen molar-refractivity contribution in [2.45, 2.75) is 27.2 Å². The van der Waals surface area contributed by atoms with Crippen molar-refractivity contribution in [3.05, 3.63) is 0 Å². The standard InChI is InChI=1S/C13H25N3O2/c1-9(2)5-15-12(17)8-16-13(18)11-4-10(3)6-14-7-11/h9-11,14H,4-8H2,1-3H3,(H,15,17)(H,16,18). The van der Waals surface area contributed by atoms with Crippen molar-refractivity contribution < 1.29 is 9.59 Å². The number of piperidine rings is 1. The molecule has 1 aliphatic rings. The molecule has 2 unspecified atom stereocenters. The first kappa shape index (κ1) is 15.0. The third kappa shape index (κ3) is 5.49. The molecule has 1 rings (SSSR count). The number of amides is 2. The predicted octanol–water partition coefficient (Wildman–Crippen LogP) is 0.120. The largest absolute Gasteiger partial charge is 0.354 e. The summed E-state index contributed by atoms with van der Waals surface area (Å²) in [5, 5.41) is 8.72. The van der Waals surface area contributed by atoms with Crippen LogP contribution >= 0.6 is 0 Å². The molecular formula is C13H25N3O2. The third-order valence-electron chi connectivity index (χ3n) is 3.07. The number of carbonyl (C=O) groups excluding carboxylic acids is 2. The van der Waals surface area contributed by atoms with Crippen molar-refractivity contribution in [1.82, 2.24) is 16.0 Å². The molecule has 0 saturated carbocycles. The Labute approximate surface area is 109 Å². The molecule has 0 aromatic heterocycles. The fraction of sp³-hybridized carbons (Fsp3) is 0.846. The van der Waals surface area contributed by atoms with Crippen LogP contribution in [0.25, 0.3) is 0 Å². The van der Waals surface area contributed by atoms with E-state index in [2.05, 4.69) is 22.9 Å². The van der Waals surface area contributed by atoms with Crippen LogP contribution in [0.3, 0.4) is 0 Å². The average Bonchev–Trinajstić information content (AvgIpc) is 2.33. The summed E-state index contributed by atoms with van der Waals surface area (Å²) in [6.07, 6.45) is 0.895. The van der Waals surface area contributed by atoms with E-state index in [1.54, 1.807) is 0 Å². The van der Waals surface area contributed by atoms with Crippen LogP contribution in [0.4, 0.5) is 0 Å². The Morgan fingerprint density at radius 1 is 1.28 bits per heavy atom. The zero-order chi connectivity index (χ0) is 13.5. The van der Waals surface area contributed by atoms with E-state index < -0.39 is 0 Å². The van der Waals surface area contributed by atoms with E-state index >= 15 is 0 Å². The first-order valence-corrected chi connectivity index (χ1v) is 6.74. The van der Waals surface area contributed by atoms with Gasteiger partial charge in [0.1, 0.15) is 0 Å². The van der Waals surface area contributed by atoms with Gasteiger partial charge < -0.3 is 16.0 Å². The topological polar surface area (TPSA) is 70.2 Å². The maximum atomic E-state index is 11.9. The van der Waals surface area contributed by atoms with Gasteiger partial charge in [-0.2, -0.15) is 0 Å². The van der Waals surface area contributed by atoms with Crippen molar-refractivity contribution in [1.29, 1.82) is 0 Å². The van der Waals surface area contributed by atoms with Crippen LogP contribution in [0.5, 0.6) is 0 Å². The van der Waals surface area contributed by atoms with Crippen LogP contribution in [0.1, 0.15) is 27.2 Å². The summed E-state index contributed by atoms with van der Waals surface area (Å²) in [5.41, 5.74) is 0. The van der Waals surface area contributed by atoms with Crippen molar-refractivity contribution in [2.75, 3.05) is 26.2 Å². The van der Waals surface area contributed by atoms with Crippen LogP contribution in [-0.2, 0) is 9.59 Å². The van der Waals surface area contributed by atoms with Crippen molar-refractivity contribution in [3.8, 4) is 0 Å². The van der Waals surface area contributed by atoms with Gasteiger partial charge in [0.15, 0.2) is 0 Å². The van der Waals surface area contributed by atoms with E-state index in [1.807, 2.05) is 13.8 Å². The number of nitrogens with one attached hydrogen (secondary N) is 3. The molecule has 0 aromatic rings. The van der Waals surface area contributed by atoms with Crippen LogP contribution < -0.4 is 16.0 Å². The highest BCUT2D eigenvalue weighted by molar-refractivity contribution is 5.85. The van der Waals surface area contributed by atoms with E-state index in [0.29, 0.717) is 24.9 Å². The van der Waals surface area contributed by atoms with Gasteiger partial charge in [0.2, 0.25) is 11.8 Å². The molecule has 0 radical (unpaired) electrons.